The zero-order valence-electron chi connectivity index (χ0n) is 20.7. The minimum absolute atomic E-state index is 0.0500. The number of aliphatic carboxylic acids is 1. The van der Waals surface area contributed by atoms with Gasteiger partial charge >= 0.3 is 5.97 Å². The Labute approximate surface area is 195 Å². The van der Waals surface area contributed by atoms with Crippen molar-refractivity contribution in [2.24, 2.45) is 0 Å². The minimum atomic E-state index is -0.841. The Hall–Kier alpha value is -2.99. The zero-order valence-corrected chi connectivity index (χ0v) is 20.7. The average Bonchev–Trinajstić information content (AvgIpc) is 3.05. The van der Waals surface area contributed by atoms with E-state index >= 15 is 0 Å². The first-order valence-electron chi connectivity index (χ1n) is 11.4. The van der Waals surface area contributed by atoms with Crippen molar-refractivity contribution in [2.75, 3.05) is 25.6 Å². The first kappa shape index (κ1) is 23.2. The molecule has 33 heavy (non-hydrogen) atoms. The van der Waals surface area contributed by atoms with Crippen molar-refractivity contribution in [1.29, 1.82) is 0 Å². The predicted molar refractivity (Wildman–Crippen MR) is 133 cm³/mol. The van der Waals surface area contributed by atoms with Crippen LogP contribution in [-0.2, 0) is 29.1 Å². The molecule has 0 unspecified atom stereocenters. The average molecular weight is 451 g/mol. The van der Waals surface area contributed by atoms with Crippen molar-refractivity contribution in [3.8, 4) is 16.9 Å². The monoisotopic (exact) mass is 450 g/mol. The van der Waals surface area contributed by atoms with E-state index in [9.17, 15) is 9.90 Å². The van der Waals surface area contributed by atoms with Gasteiger partial charge in [-0.15, -0.1) is 0 Å². The van der Waals surface area contributed by atoms with E-state index in [1.807, 2.05) is 40.7 Å². The number of anilines is 1. The minimum Gasteiger partial charge on any atom is -0.487 e. The Morgan fingerprint density at radius 2 is 1.88 bits per heavy atom. The maximum Gasteiger partial charge on any atom is 0.307 e. The quantitative estimate of drug-likeness (QED) is 0.550. The molecule has 2 heterocycles. The normalized spacial score (nSPS) is 13.6. The summed E-state index contributed by atoms with van der Waals surface area (Å²) in [7, 11) is 3.79. The predicted octanol–water partition coefficient (Wildman–Crippen LogP) is 5.33. The number of benzene rings is 2. The van der Waals surface area contributed by atoms with Crippen LogP contribution in [0.25, 0.3) is 22.0 Å². The van der Waals surface area contributed by atoms with Crippen molar-refractivity contribution >= 4 is 22.6 Å². The number of carboxylic acid groups (broad SMARTS) is 1. The molecule has 6 heteroatoms. The summed E-state index contributed by atoms with van der Waals surface area (Å²) in [4.78, 5) is 14.2. The molecule has 0 radical (unpaired) electrons. The SMILES string of the molecule is COCc1cc2c(-c3ccc(C)cc3OC(C)(C)C)c(CC(=O)O)c(C)c3c2n1CCN3C. The van der Waals surface area contributed by atoms with Crippen LogP contribution in [0, 0.1) is 13.8 Å². The summed E-state index contributed by atoms with van der Waals surface area (Å²) >= 11 is 0. The van der Waals surface area contributed by atoms with Gasteiger partial charge in [-0.05, 0) is 69.0 Å². The summed E-state index contributed by atoms with van der Waals surface area (Å²) in [5, 5.41) is 10.9. The van der Waals surface area contributed by atoms with Crippen LogP contribution in [0.15, 0.2) is 24.3 Å². The number of rotatable bonds is 6. The molecule has 1 aliphatic heterocycles. The number of aromatic nitrogens is 1. The molecule has 0 saturated heterocycles. The van der Waals surface area contributed by atoms with Gasteiger partial charge in [-0.3, -0.25) is 4.79 Å². The van der Waals surface area contributed by atoms with E-state index in [4.69, 9.17) is 9.47 Å². The third kappa shape index (κ3) is 4.20. The van der Waals surface area contributed by atoms with Gasteiger partial charge in [-0.25, -0.2) is 0 Å². The summed E-state index contributed by atoms with van der Waals surface area (Å²) in [5.41, 5.74) is 7.76. The van der Waals surface area contributed by atoms with Gasteiger partial charge in [-0.2, -0.15) is 0 Å². The van der Waals surface area contributed by atoms with Crippen molar-refractivity contribution in [1.82, 2.24) is 4.57 Å². The standard InChI is InChI=1S/C27H34N2O4/c1-16-8-9-19(22(12-16)33-27(3,4)5)24-20(14-23(30)31)17(2)25-26-21(24)13-18(15-32-7)29(26)11-10-28(25)6/h8-9,12-13H,10-11,14-15H2,1-7H3,(H,30,31). The maximum atomic E-state index is 12.0. The van der Waals surface area contributed by atoms with E-state index in [0.29, 0.717) is 6.61 Å². The van der Waals surface area contributed by atoms with Crippen LogP contribution < -0.4 is 9.64 Å². The molecule has 0 fully saturated rings. The number of carbonyl (C=O) groups is 1. The van der Waals surface area contributed by atoms with Gasteiger partial charge in [0, 0.05) is 43.9 Å². The number of hydrogen-bond acceptors (Lipinski definition) is 4. The molecule has 3 aromatic rings. The lowest BCUT2D eigenvalue weighted by Gasteiger charge is -2.32. The second-order valence-electron chi connectivity index (χ2n) is 10.0. The molecule has 2 aromatic carbocycles. The molecule has 176 valence electrons. The fourth-order valence-corrected chi connectivity index (χ4v) is 5.00. The third-order valence-electron chi connectivity index (χ3n) is 6.27. The fraction of sp³-hybridized carbons (Fsp3) is 0.444. The zero-order chi connectivity index (χ0) is 24.1. The molecule has 0 aliphatic carbocycles. The van der Waals surface area contributed by atoms with Crippen LogP contribution in [0.1, 0.15) is 43.2 Å². The smallest absolute Gasteiger partial charge is 0.307 e. The van der Waals surface area contributed by atoms with E-state index in [2.05, 4.69) is 34.7 Å². The fourth-order valence-electron chi connectivity index (χ4n) is 5.00. The molecule has 0 saturated carbocycles. The number of nitrogens with zero attached hydrogens (tertiary/aromatic N) is 2. The van der Waals surface area contributed by atoms with Crippen molar-refractivity contribution in [3.63, 3.8) is 0 Å². The van der Waals surface area contributed by atoms with Gasteiger partial charge in [0.1, 0.15) is 11.4 Å². The summed E-state index contributed by atoms with van der Waals surface area (Å²) in [6.07, 6.45) is -0.0500. The van der Waals surface area contributed by atoms with Crippen LogP contribution in [0.3, 0.4) is 0 Å². The second kappa shape index (κ2) is 8.41. The molecule has 0 atom stereocenters. The first-order valence-corrected chi connectivity index (χ1v) is 11.4. The number of likely N-dealkylation sites (N-methyl/N-ethyl adjacent to an activating group) is 1. The Kier molecular flexibility index (Phi) is 5.91. The van der Waals surface area contributed by atoms with Gasteiger partial charge in [0.05, 0.1) is 24.2 Å². The Morgan fingerprint density at radius 1 is 1.15 bits per heavy atom. The molecule has 0 bridgehead atoms. The highest BCUT2D eigenvalue weighted by atomic mass is 16.5. The van der Waals surface area contributed by atoms with Crippen molar-refractivity contribution in [2.45, 2.75) is 59.8 Å². The number of methoxy groups -OCH3 is 1. The van der Waals surface area contributed by atoms with Crippen LogP contribution >= 0.6 is 0 Å². The van der Waals surface area contributed by atoms with Crippen LogP contribution in [-0.4, -0.2) is 41.9 Å². The third-order valence-corrected chi connectivity index (χ3v) is 6.27. The first-order chi connectivity index (χ1) is 15.5. The summed E-state index contributed by atoms with van der Waals surface area (Å²) in [6.45, 7) is 12.4. The second-order valence-corrected chi connectivity index (χ2v) is 10.0. The molecule has 4 rings (SSSR count). The lowest BCUT2D eigenvalue weighted by molar-refractivity contribution is -0.136. The Morgan fingerprint density at radius 3 is 2.52 bits per heavy atom. The van der Waals surface area contributed by atoms with Gasteiger partial charge in [0.25, 0.3) is 0 Å². The van der Waals surface area contributed by atoms with E-state index in [-0.39, 0.29) is 12.0 Å². The number of aryl methyl sites for hydroxylation is 1. The molecule has 1 aliphatic rings. The lowest BCUT2D eigenvalue weighted by atomic mass is 9.88. The molecule has 0 spiro atoms. The van der Waals surface area contributed by atoms with Crippen LogP contribution in [0.4, 0.5) is 5.69 Å². The number of ether oxygens (including phenoxy) is 2. The van der Waals surface area contributed by atoms with Gasteiger partial charge < -0.3 is 24.0 Å². The summed E-state index contributed by atoms with van der Waals surface area (Å²) in [5.74, 6) is -0.0691. The molecule has 1 aromatic heterocycles. The lowest BCUT2D eigenvalue weighted by Crippen LogP contribution is -2.29. The molecule has 6 nitrogen and oxygen atoms in total. The highest BCUT2D eigenvalue weighted by molar-refractivity contribution is 6.08. The Balaban J connectivity index is 2.14. The highest BCUT2D eigenvalue weighted by Gasteiger charge is 2.29. The van der Waals surface area contributed by atoms with Gasteiger partial charge in [0.2, 0.25) is 0 Å². The topological polar surface area (TPSA) is 63.9 Å². The molecular weight excluding hydrogens is 416 g/mol. The van der Waals surface area contributed by atoms with Crippen molar-refractivity contribution in [3.05, 3.63) is 46.6 Å². The van der Waals surface area contributed by atoms with Crippen LogP contribution in [0.2, 0.25) is 0 Å². The summed E-state index contributed by atoms with van der Waals surface area (Å²) < 4.78 is 14.2. The summed E-state index contributed by atoms with van der Waals surface area (Å²) in [6, 6.07) is 8.35. The molecule has 1 N–H and O–H groups in total. The highest BCUT2D eigenvalue weighted by Crippen LogP contribution is 2.47. The van der Waals surface area contributed by atoms with Gasteiger partial charge in [-0.1, -0.05) is 12.1 Å². The maximum absolute atomic E-state index is 12.0. The van der Waals surface area contributed by atoms with E-state index in [1.54, 1.807) is 7.11 Å². The van der Waals surface area contributed by atoms with Crippen molar-refractivity contribution < 1.29 is 19.4 Å². The molecular formula is C27H34N2O4. The van der Waals surface area contributed by atoms with E-state index < -0.39 is 5.97 Å². The molecule has 0 amide bonds. The van der Waals surface area contributed by atoms with Crippen LogP contribution in [0.5, 0.6) is 5.75 Å². The van der Waals surface area contributed by atoms with E-state index in [0.717, 1.165) is 68.9 Å². The largest absolute Gasteiger partial charge is 0.487 e. The number of carboxylic acids is 1. The number of hydrogen-bond donors (Lipinski definition) is 1. The van der Waals surface area contributed by atoms with E-state index in [1.165, 1.54) is 0 Å². The Bertz CT molecular complexity index is 1230. The van der Waals surface area contributed by atoms with Gasteiger partial charge in [0.15, 0.2) is 0 Å².